The lowest BCUT2D eigenvalue weighted by molar-refractivity contribution is 0.0781. The lowest BCUT2D eigenvalue weighted by atomic mass is 9.94. The number of halogens is 1. The number of benzene rings is 2. The van der Waals surface area contributed by atoms with E-state index >= 15 is 0 Å². The summed E-state index contributed by atoms with van der Waals surface area (Å²) in [4.78, 5) is 17.6. The van der Waals surface area contributed by atoms with Gasteiger partial charge in [0.15, 0.2) is 0 Å². The van der Waals surface area contributed by atoms with Crippen LogP contribution in [0.25, 0.3) is 10.9 Å². The van der Waals surface area contributed by atoms with Crippen molar-refractivity contribution in [2.45, 2.75) is 18.3 Å². The average Bonchev–Trinajstić information content (AvgIpc) is 3.22. The SMILES string of the molecule is CN(CC1(c2c[nH]c3ccccc23)CC1)C(=O)c1cccc(F)c1. The van der Waals surface area contributed by atoms with Crippen LogP contribution in [0.4, 0.5) is 4.39 Å². The number of carbonyl (C=O) groups excluding carboxylic acids is 1. The number of aromatic nitrogens is 1. The maximum absolute atomic E-state index is 13.4. The van der Waals surface area contributed by atoms with Gasteiger partial charge < -0.3 is 9.88 Å². The number of aromatic amines is 1. The van der Waals surface area contributed by atoms with Crippen LogP contribution in [-0.2, 0) is 5.41 Å². The molecule has 1 aliphatic rings. The highest BCUT2D eigenvalue weighted by Crippen LogP contribution is 2.50. The molecule has 24 heavy (non-hydrogen) atoms. The molecule has 1 amide bonds. The Bertz CT molecular complexity index is 911. The number of nitrogens with zero attached hydrogens (tertiary/aromatic N) is 1. The van der Waals surface area contributed by atoms with Crippen LogP contribution < -0.4 is 0 Å². The van der Waals surface area contributed by atoms with Gasteiger partial charge in [0.25, 0.3) is 5.91 Å². The molecule has 0 spiro atoms. The minimum atomic E-state index is -0.382. The van der Waals surface area contributed by atoms with E-state index in [4.69, 9.17) is 0 Å². The lowest BCUT2D eigenvalue weighted by Crippen LogP contribution is -2.34. The van der Waals surface area contributed by atoms with Gasteiger partial charge in [-0.15, -0.1) is 0 Å². The molecule has 3 aromatic rings. The maximum atomic E-state index is 13.4. The Kier molecular flexibility index (Phi) is 3.41. The molecule has 2 aromatic carbocycles. The minimum absolute atomic E-state index is 0.0112. The first-order valence-electron chi connectivity index (χ1n) is 8.17. The summed E-state index contributed by atoms with van der Waals surface area (Å²) < 4.78 is 13.4. The summed E-state index contributed by atoms with van der Waals surface area (Å²) in [6, 6.07) is 14.1. The minimum Gasteiger partial charge on any atom is -0.361 e. The van der Waals surface area contributed by atoms with E-state index in [1.165, 1.54) is 23.1 Å². The lowest BCUT2D eigenvalue weighted by Gasteiger charge is -2.24. The van der Waals surface area contributed by atoms with Gasteiger partial charge >= 0.3 is 0 Å². The maximum Gasteiger partial charge on any atom is 0.253 e. The Morgan fingerprint density at radius 1 is 1.21 bits per heavy atom. The summed E-state index contributed by atoms with van der Waals surface area (Å²) in [7, 11) is 1.79. The van der Waals surface area contributed by atoms with Gasteiger partial charge in [-0.25, -0.2) is 4.39 Å². The first-order chi connectivity index (χ1) is 11.6. The number of hydrogen-bond donors (Lipinski definition) is 1. The first-order valence-corrected chi connectivity index (χ1v) is 8.17. The van der Waals surface area contributed by atoms with E-state index in [2.05, 4.69) is 23.3 Å². The number of para-hydroxylation sites is 1. The van der Waals surface area contributed by atoms with E-state index in [9.17, 15) is 9.18 Å². The van der Waals surface area contributed by atoms with E-state index in [-0.39, 0.29) is 17.1 Å². The van der Waals surface area contributed by atoms with Crippen molar-refractivity contribution in [2.24, 2.45) is 0 Å². The van der Waals surface area contributed by atoms with Gasteiger partial charge in [0.05, 0.1) is 0 Å². The molecule has 0 unspecified atom stereocenters. The Morgan fingerprint density at radius 2 is 2.00 bits per heavy atom. The number of nitrogens with one attached hydrogen (secondary N) is 1. The van der Waals surface area contributed by atoms with Crippen molar-refractivity contribution in [2.75, 3.05) is 13.6 Å². The molecule has 0 radical (unpaired) electrons. The second kappa shape index (κ2) is 5.48. The molecule has 1 aliphatic carbocycles. The summed E-state index contributed by atoms with van der Waals surface area (Å²) >= 11 is 0. The quantitative estimate of drug-likeness (QED) is 0.771. The van der Waals surface area contributed by atoms with Crippen molar-refractivity contribution in [1.82, 2.24) is 9.88 Å². The number of carbonyl (C=O) groups is 1. The summed E-state index contributed by atoms with van der Waals surface area (Å²) in [5.74, 6) is -0.521. The molecule has 1 N–H and O–H groups in total. The van der Waals surface area contributed by atoms with Crippen molar-refractivity contribution in [3.63, 3.8) is 0 Å². The summed E-state index contributed by atoms with van der Waals surface area (Å²) in [5.41, 5.74) is 2.80. The first kappa shape index (κ1) is 14.9. The third kappa shape index (κ3) is 2.48. The standard InChI is InChI=1S/C20H19FN2O/c1-23(19(24)14-5-4-6-15(21)11-14)13-20(9-10-20)17-12-22-18-8-3-2-7-16(17)18/h2-8,11-12,22H,9-10,13H2,1H3. The highest BCUT2D eigenvalue weighted by atomic mass is 19.1. The fraction of sp³-hybridized carbons (Fsp3) is 0.250. The molecule has 4 rings (SSSR count). The van der Waals surface area contributed by atoms with Crippen LogP contribution >= 0.6 is 0 Å². The third-order valence-electron chi connectivity index (χ3n) is 4.97. The number of fused-ring (bicyclic) bond motifs is 1. The highest BCUT2D eigenvalue weighted by molar-refractivity contribution is 5.94. The number of amides is 1. The third-order valence-corrected chi connectivity index (χ3v) is 4.97. The second-order valence-corrected chi connectivity index (χ2v) is 6.70. The van der Waals surface area contributed by atoms with E-state index in [1.54, 1.807) is 24.1 Å². The molecule has 1 fully saturated rings. The van der Waals surface area contributed by atoms with Gasteiger partial charge in [-0.3, -0.25) is 4.79 Å². The average molecular weight is 322 g/mol. The van der Waals surface area contributed by atoms with Crippen LogP contribution in [0.3, 0.4) is 0 Å². The second-order valence-electron chi connectivity index (χ2n) is 6.70. The number of hydrogen-bond acceptors (Lipinski definition) is 1. The summed E-state index contributed by atoms with van der Waals surface area (Å²) in [5, 5.41) is 1.22. The molecule has 0 saturated heterocycles. The van der Waals surface area contributed by atoms with Crippen LogP contribution in [0, 0.1) is 5.82 Å². The smallest absolute Gasteiger partial charge is 0.253 e. The number of rotatable bonds is 4. The zero-order valence-corrected chi connectivity index (χ0v) is 13.6. The van der Waals surface area contributed by atoms with Gasteiger partial charge in [0.1, 0.15) is 5.82 Å². The number of H-pyrrole nitrogens is 1. The highest BCUT2D eigenvalue weighted by Gasteiger charge is 2.47. The molecule has 1 aromatic heterocycles. The topological polar surface area (TPSA) is 36.1 Å². The monoisotopic (exact) mass is 322 g/mol. The number of likely N-dealkylation sites (N-methyl/N-ethyl adjacent to an activating group) is 1. The molecule has 0 atom stereocenters. The molecular formula is C20H19FN2O. The Balaban J connectivity index is 1.59. The summed E-state index contributed by atoms with van der Waals surface area (Å²) in [6.45, 7) is 0.643. The van der Waals surface area contributed by atoms with Crippen molar-refractivity contribution >= 4 is 16.8 Å². The van der Waals surface area contributed by atoms with E-state index in [1.807, 2.05) is 12.1 Å². The Hall–Kier alpha value is -2.62. The van der Waals surface area contributed by atoms with E-state index < -0.39 is 0 Å². The van der Waals surface area contributed by atoms with Crippen LogP contribution in [0.1, 0.15) is 28.8 Å². The summed E-state index contributed by atoms with van der Waals surface area (Å²) in [6.07, 6.45) is 4.20. The predicted octanol–water partition coefficient (Wildman–Crippen LogP) is 4.11. The van der Waals surface area contributed by atoms with Crippen LogP contribution in [0.2, 0.25) is 0 Å². The normalized spacial score (nSPS) is 15.4. The Labute approximate surface area is 140 Å². The van der Waals surface area contributed by atoms with Crippen molar-refractivity contribution in [3.05, 3.63) is 71.7 Å². The predicted molar refractivity (Wildman–Crippen MR) is 92.6 cm³/mol. The zero-order valence-electron chi connectivity index (χ0n) is 13.6. The van der Waals surface area contributed by atoms with Gasteiger partial charge in [0.2, 0.25) is 0 Å². The molecule has 3 nitrogen and oxygen atoms in total. The Morgan fingerprint density at radius 3 is 2.75 bits per heavy atom. The molecule has 1 heterocycles. The van der Waals surface area contributed by atoms with E-state index in [0.717, 1.165) is 18.4 Å². The van der Waals surface area contributed by atoms with Crippen molar-refractivity contribution in [1.29, 1.82) is 0 Å². The fourth-order valence-electron chi connectivity index (χ4n) is 3.54. The van der Waals surface area contributed by atoms with Gasteiger partial charge in [-0.2, -0.15) is 0 Å². The van der Waals surface area contributed by atoms with Crippen molar-refractivity contribution in [3.8, 4) is 0 Å². The zero-order chi connectivity index (χ0) is 16.7. The van der Waals surface area contributed by atoms with Crippen LogP contribution in [-0.4, -0.2) is 29.4 Å². The molecule has 4 heteroatoms. The van der Waals surface area contributed by atoms with Gasteiger partial charge in [-0.1, -0.05) is 24.3 Å². The van der Waals surface area contributed by atoms with Crippen LogP contribution in [0.15, 0.2) is 54.7 Å². The fourth-order valence-corrected chi connectivity index (χ4v) is 3.54. The molecule has 122 valence electrons. The molecule has 0 bridgehead atoms. The van der Waals surface area contributed by atoms with Gasteiger partial charge in [-0.05, 0) is 42.7 Å². The molecule has 1 saturated carbocycles. The van der Waals surface area contributed by atoms with Crippen LogP contribution in [0.5, 0.6) is 0 Å². The molecular weight excluding hydrogens is 303 g/mol. The van der Waals surface area contributed by atoms with E-state index in [0.29, 0.717) is 12.1 Å². The largest absolute Gasteiger partial charge is 0.361 e. The van der Waals surface area contributed by atoms with Gasteiger partial charge in [0, 0.05) is 41.7 Å². The van der Waals surface area contributed by atoms with Crippen molar-refractivity contribution < 1.29 is 9.18 Å². The molecule has 0 aliphatic heterocycles.